The Morgan fingerprint density at radius 3 is 3.00 bits per heavy atom. The highest BCUT2D eigenvalue weighted by molar-refractivity contribution is 7.09. The summed E-state index contributed by atoms with van der Waals surface area (Å²) in [5.74, 6) is 1.57. The maximum atomic E-state index is 5.97. The summed E-state index contributed by atoms with van der Waals surface area (Å²) in [6.45, 7) is 0.705. The molecule has 3 rings (SSSR count). The van der Waals surface area contributed by atoms with Crippen LogP contribution in [0.1, 0.15) is 10.7 Å². The van der Waals surface area contributed by atoms with Crippen LogP contribution in [0, 0.1) is 0 Å². The number of hydrogen-bond donors (Lipinski definition) is 0. The van der Waals surface area contributed by atoms with E-state index in [2.05, 4.69) is 21.0 Å². The van der Waals surface area contributed by atoms with Crippen molar-refractivity contribution in [3.63, 3.8) is 0 Å². The van der Waals surface area contributed by atoms with Crippen LogP contribution in [0.5, 0.6) is 5.88 Å². The first kappa shape index (κ1) is 12.4. The minimum atomic E-state index is 0.324. The van der Waals surface area contributed by atoms with Gasteiger partial charge in [-0.1, -0.05) is 6.07 Å². The predicted octanol–water partition coefficient (Wildman–Crippen LogP) is 2.68. The summed E-state index contributed by atoms with van der Waals surface area (Å²) in [6, 6.07) is 4.10. The highest BCUT2D eigenvalue weighted by Gasteiger charge is 2.16. The van der Waals surface area contributed by atoms with Crippen LogP contribution in [0.2, 0.25) is 0 Å². The molecule has 3 aromatic rings. The number of aromatic nitrogens is 4. The van der Waals surface area contributed by atoms with Crippen LogP contribution < -0.4 is 4.74 Å². The summed E-state index contributed by atoms with van der Waals surface area (Å²) in [7, 11) is 1.57. The van der Waals surface area contributed by atoms with Crippen LogP contribution in [0.25, 0.3) is 11.2 Å². The number of fused-ring (bicyclic) bond motifs is 1. The zero-order valence-electron chi connectivity index (χ0n) is 10.2. The number of alkyl halides is 1. The number of methoxy groups -OCH3 is 1. The Kier molecular flexibility index (Phi) is 3.35. The molecule has 0 aliphatic heterocycles. The minimum absolute atomic E-state index is 0.324. The molecule has 0 aliphatic carbocycles. The molecule has 0 N–H and O–H groups in total. The molecule has 19 heavy (non-hydrogen) atoms. The Morgan fingerprint density at radius 2 is 2.32 bits per heavy atom. The zero-order chi connectivity index (χ0) is 13.2. The summed E-state index contributed by atoms with van der Waals surface area (Å²) in [6.07, 6.45) is 1.48. The van der Waals surface area contributed by atoms with Gasteiger partial charge < -0.3 is 9.30 Å². The molecule has 0 saturated carbocycles. The molecule has 0 saturated heterocycles. The lowest BCUT2D eigenvalue weighted by Gasteiger charge is -2.05. The standard InChI is InChI=1S/C12H11ClN4OS/c1-18-12-10-11(14-7-15-12)17(9(5-13)16-10)6-8-3-2-4-19-8/h2-4,7H,5-6H2,1H3. The third-order valence-corrected chi connectivity index (χ3v) is 3.88. The first-order valence-corrected chi connectivity index (χ1v) is 7.07. The molecule has 0 atom stereocenters. The summed E-state index contributed by atoms with van der Waals surface area (Å²) in [5.41, 5.74) is 1.40. The molecule has 0 bridgehead atoms. The van der Waals surface area contributed by atoms with Gasteiger partial charge in [-0.2, -0.15) is 4.98 Å². The van der Waals surface area contributed by atoms with Gasteiger partial charge >= 0.3 is 0 Å². The van der Waals surface area contributed by atoms with Gasteiger partial charge in [-0.25, -0.2) is 9.97 Å². The molecule has 3 aromatic heterocycles. The lowest BCUT2D eigenvalue weighted by atomic mass is 10.4. The fraction of sp³-hybridized carbons (Fsp3) is 0.250. The van der Waals surface area contributed by atoms with E-state index in [9.17, 15) is 0 Å². The second kappa shape index (κ2) is 5.14. The van der Waals surface area contributed by atoms with Crippen molar-refractivity contribution in [3.8, 4) is 5.88 Å². The summed E-state index contributed by atoms with van der Waals surface area (Å²) < 4.78 is 7.21. The Bertz CT molecular complexity index is 695. The molecular weight excluding hydrogens is 284 g/mol. The minimum Gasteiger partial charge on any atom is -0.479 e. The summed E-state index contributed by atoms with van der Waals surface area (Å²) >= 11 is 7.66. The van der Waals surface area contributed by atoms with Crippen molar-refractivity contribution in [2.45, 2.75) is 12.4 Å². The van der Waals surface area contributed by atoms with Crippen LogP contribution in [-0.2, 0) is 12.4 Å². The Morgan fingerprint density at radius 1 is 1.42 bits per heavy atom. The van der Waals surface area contributed by atoms with Crippen molar-refractivity contribution in [2.75, 3.05) is 7.11 Å². The van der Waals surface area contributed by atoms with E-state index in [0.717, 1.165) is 11.5 Å². The largest absolute Gasteiger partial charge is 0.479 e. The summed E-state index contributed by atoms with van der Waals surface area (Å²) in [5, 5.41) is 2.05. The smallest absolute Gasteiger partial charge is 0.245 e. The van der Waals surface area contributed by atoms with Gasteiger partial charge in [-0.15, -0.1) is 22.9 Å². The van der Waals surface area contributed by atoms with Crippen LogP contribution in [0.15, 0.2) is 23.8 Å². The van der Waals surface area contributed by atoms with E-state index in [1.807, 2.05) is 16.0 Å². The number of halogens is 1. The van der Waals surface area contributed by atoms with Crippen molar-refractivity contribution >= 4 is 34.1 Å². The fourth-order valence-electron chi connectivity index (χ4n) is 1.94. The van der Waals surface area contributed by atoms with Crippen molar-refractivity contribution in [1.82, 2.24) is 19.5 Å². The molecule has 3 heterocycles. The Labute approximate surface area is 118 Å². The van der Waals surface area contributed by atoms with Gasteiger partial charge in [0.15, 0.2) is 11.2 Å². The molecule has 98 valence electrons. The van der Waals surface area contributed by atoms with Crippen molar-refractivity contribution < 1.29 is 4.74 Å². The quantitative estimate of drug-likeness (QED) is 0.694. The number of nitrogens with zero attached hydrogens (tertiary/aromatic N) is 4. The monoisotopic (exact) mass is 294 g/mol. The first-order valence-electron chi connectivity index (χ1n) is 5.66. The molecule has 0 spiro atoms. The number of rotatable bonds is 4. The third-order valence-electron chi connectivity index (χ3n) is 2.78. The average Bonchev–Trinajstić information content (AvgIpc) is 3.07. The zero-order valence-corrected chi connectivity index (χ0v) is 11.8. The molecule has 5 nitrogen and oxygen atoms in total. The van der Waals surface area contributed by atoms with E-state index < -0.39 is 0 Å². The lowest BCUT2D eigenvalue weighted by molar-refractivity contribution is 0.401. The third kappa shape index (κ3) is 2.17. The molecule has 0 aromatic carbocycles. The predicted molar refractivity (Wildman–Crippen MR) is 74.9 cm³/mol. The van der Waals surface area contributed by atoms with E-state index in [0.29, 0.717) is 23.8 Å². The molecule has 0 fully saturated rings. The number of imidazole rings is 1. The summed E-state index contributed by atoms with van der Waals surface area (Å²) in [4.78, 5) is 14.0. The first-order chi connectivity index (χ1) is 9.33. The maximum Gasteiger partial charge on any atom is 0.245 e. The van der Waals surface area contributed by atoms with Crippen LogP contribution in [0.4, 0.5) is 0 Å². The lowest BCUT2D eigenvalue weighted by Crippen LogP contribution is -2.03. The van der Waals surface area contributed by atoms with Crippen LogP contribution in [-0.4, -0.2) is 26.6 Å². The molecule has 0 unspecified atom stereocenters. The van der Waals surface area contributed by atoms with E-state index in [1.54, 1.807) is 18.4 Å². The maximum absolute atomic E-state index is 5.97. The average molecular weight is 295 g/mol. The van der Waals surface area contributed by atoms with Gasteiger partial charge in [-0.3, -0.25) is 0 Å². The highest BCUT2D eigenvalue weighted by Crippen LogP contribution is 2.24. The number of thiophene rings is 1. The number of hydrogen-bond acceptors (Lipinski definition) is 5. The highest BCUT2D eigenvalue weighted by atomic mass is 35.5. The van der Waals surface area contributed by atoms with E-state index in [4.69, 9.17) is 16.3 Å². The molecular formula is C12H11ClN4OS. The van der Waals surface area contributed by atoms with Gasteiger partial charge in [-0.05, 0) is 11.4 Å². The Balaban J connectivity index is 2.16. The number of ether oxygens (including phenoxy) is 1. The fourth-order valence-corrected chi connectivity index (χ4v) is 2.83. The molecule has 0 amide bonds. The van der Waals surface area contributed by atoms with E-state index >= 15 is 0 Å². The molecule has 7 heteroatoms. The molecule has 0 aliphatic rings. The normalized spacial score (nSPS) is 11.1. The van der Waals surface area contributed by atoms with Gasteiger partial charge in [0.2, 0.25) is 5.88 Å². The van der Waals surface area contributed by atoms with E-state index in [-0.39, 0.29) is 0 Å². The SMILES string of the molecule is COc1ncnc2c1nc(CCl)n2Cc1cccs1. The van der Waals surface area contributed by atoms with Gasteiger partial charge in [0, 0.05) is 4.88 Å². The van der Waals surface area contributed by atoms with E-state index in [1.165, 1.54) is 11.2 Å². The van der Waals surface area contributed by atoms with Crippen LogP contribution >= 0.6 is 22.9 Å². The van der Waals surface area contributed by atoms with Gasteiger partial charge in [0.05, 0.1) is 19.5 Å². The van der Waals surface area contributed by atoms with Crippen molar-refractivity contribution in [2.24, 2.45) is 0 Å². The Hall–Kier alpha value is -1.66. The second-order valence-corrected chi connectivity index (χ2v) is 5.18. The van der Waals surface area contributed by atoms with Crippen LogP contribution in [0.3, 0.4) is 0 Å². The molecule has 0 radical (unpaired) electrons. The van der Waals surface area contributed by atoms with Crippen molar-refractivity contribution in [3.05, 3.63) is 34.5 Å². The van der Waals surface area contributed by atoms with Gasteiger partial charge in [0.25, 0.3) is 0 Å². The van der Waals surface area contributed by atoms with Gasteiger partial charge in [0.1, 0.15) is 12.2 Å². The second-order valence-electron chi connectivity index (χ2n) is 3.88. The topological polar surface area (TPSA) is 52.8 Å². The van der Waals surface area contributed by atoms with Crippen molar-refractivity contribution in [1.29, 1.82) is 0 Å².